The quantitative estimate of drug-likeness (QED) is 0.527. The Morgan fingerprint density at radius 1 is 1.17 bits per heavy atom. The molecule has 6 atom stereocenters. The van der Waals surface area contributed by atoms with Crippen molar-refractivity contribution in [2.75, 3.05) is 13.3 Å². The van der Waals surface area contributed by atoms with E-state index >= 15 is 0 Å². The second kappa shape index (κ2) is 7.55. The fourth-order valence-electron chi connectivity index (χ4n) is 1.49. The molecule has 1 unspecified atom stereocenters. The molecule has 0 radical (unpaired) electrons. The largest absolute Gasteiger partial charge is 0.388 e. The highest BCUT2D eigenvalue weighted by atomic mass is 31.2. The third-order valence-electron chi connectivity index (χ3n) is 2.43. The lowest BCUT2D eigenvalue weighted by Crippen LogP contribution is -2.57. The fraction of sp³-hybridized carbons (Fsp3) is 1.00. The van der Waals surface area contributed by atoms with E-state index in [2.05, 4.69) is 4.52 Å². The van der Waals surface area contributed by atoms with Crippen LogP contribution in [0.15, 0.2) is 0 Å². The van der Waals surface area contributed by atoms with Gasteiger partial charge in [0.1, 0.15) is 24.4 Å². The molecule has 18 heavy (non-hydrogen) atoms. The molecule has 110 valence electrons. The maximum absolute atomic E-state index is 10.9. The number of aliphatic hydroxyl groups excluding tert-OH is 3. The Labute approximate surface area is 107 Å². The van der Waals surface area contributed by atoms with Gasteiger partial charge in [0.2, 0.25) is 0 Å². The van der Waals surface area contributed by atoms with Gasteiger partial charge in [-0.3, -0.25) is 4.57 Å². The van der Waals surface area contributed by atoms with Gasteiger partial charge in [-0.2, -0.15) is 0 Å². The average Bonchev–Trinajstić information content (AvgIpc) is 2.31. The van der Waals surface area contributed by atoms with Crippen molar-refractivity contribution in [2.24, 2.45) is 0 Å². The summed E-state index contributed by atoms with van der Waals surface area (Å²) < 4.78 is 20.6. The van der Waals surface area contributed by atoms with E-state index in [1.165, 1.54) is 6.92 Å². The highest BCUT2D eigenvalue weighted by molar-refractivity contribution is 7.51. The topological polar surface area (TPSA) is 116 Å². The predicted molar refractivity (Wildman–Crippen MR) is 65.4 cm³/mol. The molecule has 7 nitrogen and oxygen atoms in total. The molecule has 0 aromatic carbocycles. The zero-order chi connectivity index (χ0) is 14.5. The second-order valence-electron chi connectivity index (χ2n) is 3.95. The number of hydrogen-bond donors (Lipinski definition) is 4. The first-order valence-electron chi connectivity index (χ1n) is 5.87. The molecule has 1 aliphatic rings. The molecule has 1 heterocycles. The molecule has 0 saturated carbocycles. The zero-order valence-electron chi connectivity index (χ0n) is 11.1. The summed E-state index contributed by atoms with van der Waals surface area (Å²) in [6, 6.07) is 0. The molecule has 1 aliphatic heterocycles. The lowest BCUT2D eigenvalue weighted by atomic mass is 9.96. The van der Waals surface area contributed by atoms with Gasteiger partial charge in [-0.1, -0.05) is 13.8 Å². The average molecular weight is 286 g/mol. The summed E-state index contributed by atoms with van der Waals surface area (Å²) in [5.41, 5.74) is 0. The summed E-state index contributed by atoms with van der Waals surface area (Å²) in [5, 5.41) is 28.4. The SMILES string of the molecule is CC.C[C@@H]1O[C@H](COP(C)(=O)O)[C@@H](O)[C@H](O)[C@H]1O. The first kappa shape index (κ1) is 18.0. The molecule has 1 saturated heterocycles. The molecular weight excluding hydrogens is 263 g/mol. The summed E-state index contributed by atoms with van der Waals surface area (Å²) in [5.74, 6) is 0. The van der Waals surface area contributed by atoms with E-state index in [9.17, 15) is 19.9 Å². The molecule has 0 amide bonds. The second-order valence-corrected chi connectivity index (χ2v) is 5.81. The number of aliphatic hydroxyl groups is 3. The van der Waals surface area contributed by atoms with E-state index in [0.717, 1.165) is 6.66 Å². The highest BCUT2D eigenvalue weighted by Gasteiger charge is 2.42. The summed E-state index contributed by atoms with van der Waals surface area (Å²) in [4.78, 5) is 8.90. The van der Waals surface area contributed by atoms with E-state index < -0.39 is 38.1 Å². The first-order valence-corrected chi connectivity index (χ1v) is 7.89. The minimum absolute atomic E-state index is 0.320. The number of rotatable bonds is 3. The molecule has 0 aliphatic carbocycles. The van der Waals surface area contributed by atoms with E-state index in [-0.39, 0.29) is 6.61 Å². The van der Waals surface area contributed by atoms with E-state index in [0.29, 0.717) is 0 Å². The van der Waals surface area contributed by atoms with Crippen LogP contribution in [0.3, 0.4) is 0 Å². The van der Waals surface area contributed by atoms with Gasteiger partial charge >= 0.3 is 7.60 Å². The van der Waals surface area contributed by atoms with Gasteiger partial charge in [0.05, 0.1) is 12.7 Å². The van der Waals surface area contributed by atoms with Gasteiger partial charge in [0.15, 0.2) is 0 Å². The van der Waals surface area contributed by atoms with Crippen LogP contribution in [0.1, 0.15) is 20.8 Å². The summed E-state index contributed by atoms with van der Waals surface area (Å²) in [6.45, 7) is 6.22. The van der Waals surface area contributed by atoms with Crippen molar-refractivity contribution < 1.29 is 34.0 Å². The number of ether oxygens (including phenoxy) is 1. The molecule has 1 fully saturated rings. The maximum atomic E-state index is 10.9. The third kappa shape index (κ3) is 5.32. The van der Waals surface area contributed by atoms with Crippen molar-refractivity contribution in [3.63, 3.8) is 0 Å². The van der Waals surface area contributed by atoms with Crippen molar-refractivity contribution in [3.8, 4) is 0 Å². The zero-order valence-corrected chi connectivity index (χ0v) is 11.9. The van der Waals surface area contributed by atoms with Crippen molar-refractivity contribution in [1.29, 1.82) is 0 Å². The van der Waals surface area contributed by atoms with Crippen LogP contribution in [0.5, 0.6) is 0 Å². The Hall–Kier alpha value is -0.0100. The Kier molecular flexibility index (Phi) is 7.54. The van der Waals surface area contributed by atoms with Gasteiger partial charge in [-0.05, 0) is 6.92 Å². The standard InChI is InChI=1S/C8H17O7P.C2H6/c1-4-6(9)8(11)7(10)5(15-4)3-14-16(2,12)13;1-2/h4-11H,3H2,1-2H3,(H,12,13);1-2H3/t4-,5+,6-,7+,8+;/m0./s1. The Morgan fingerprint density at radius 2 is 1.67 bits per heavy atom. The van der Waals surface area contributed by atoms with Gasteiger partial charge in [0.25, 0.3) is 0 Å². The van der Waals surface area contributed by atoms with Crippen LogP contribution < -0.4 is 0 Å². The molecular formula is C10H23O7P. The first-order chi connectivity index (χ1) is 8.22. The molecule has 0 bridgehead atoms. The lowest BCUT2D eigenvalue weighted by Gasteiger charge is -2.39. The van der Waals surface area contributed by atoms with Crippen LogP contribution in [0, 0.1) is 0 Å². The Bertz CT molecular complexity index is 279. The summed E-state index contributed by atoms with van der Waals surface area (Å²) in [7, 11) is -3.65. The maximum Gasteiger partial charge on any atom is 0.325 e. The van der Waals surface area contributed by atoms with Crippen LogP contribution in [0.25, 0.3) is 0 Å². The van der Waals surface area contributed by atoms with Crippen LogP contribution in [0.4, 0.5) is 0 Å². The summed E-state index contributed by atoms with van der Waals surface area (Å²) >= 11 is 0. The molecule has 0 spiro atoms. The van der Waals surface area contributed by atoms with Gasteiger partial charge in [-0.15, -0.1) is 0 Å². The Balaban J connectivity index is 0.00000137. The molecule has 0 aromatic heterocycles. The van der Waals surface area contributed by atoms with Gasteiger partial charge < -0.3 is 29.5 Å². The van der Waals surface area contributed by atoms with Crippen molar-refractivity contribution in [1.82, 2.24) is 0 Å². The van der Waals surface area contributed by atoms with E-state index in [1.54, 1.807) is 0 Å². The van der Waals surface area contributed by atoms with E-state index in [1.807, 2.05) is 13.8 Å². The van der Waals surface area contributed by atoms with Crippen LogP contribution in [0.2, 0.25) is 0 Å². The molecule has 4 N–H and O–H groups in total. The predicted octanol–water partition coefficient (Wildman–Crippen LogP) is -0.286. The minimum atomic E-state index is -3.65. The minimum Gasteiger partial charge on any atom is -0.388 e. The normalized spacial score (nSPS) is 39.4. The lowest BCUT2D eigenvalue weighted by molar-refractivity contribution is -0.222. The van der Waals surface area contributed by atoms with Crippen molar-refractivity contribution in [3.05, 3.63) is 0 Å². The van der Waals surface area contributed by atoms with Crippen LogP contribution in [-0.4, -0.2) is 64.0 Å². The van der Waals surface area contributed by atoms with Crippen molar-refractivity contribution >= 4 is 7.60 Å². The smallest absolute Gasteiger partial charge is 0.325 e. The fourth-order valence-corrected chi connectivity index (χ4v) is 1.91. The third-order valence-corrected chi connectivity index (χ3v) is 3.06. The Morgan fingerprint density at radius 3 is 2.11 bits per heavy atom. The number of hydrogen-bond acceptors (Lipinski definition) is 6. The van der Waals surface area contributed by atoms with Crippen LogP contribution in [-0.2, 0) is 13.8 Å². The van der Waals surface area contributed by atoms with Crippen molar-refractivity contribution in [2.45, 2.75) is 51.3 Å². The van der Waals surface area contributed by atoms with Crippen LogP contribution >= 0.6 is 7.60 Å². The molecule has 8 heteroatoms. The van der Waals surface area contributed by atoms with Gasteiger partial charge in [0, 0.05) is 6.66 Å². The van der Waals surface area contributed by atoms with Gasteiger partial charge in [-0.25, -0.2) is 0 Å². The highest BCUT2D eigenvalue weighted by Crippen LogP contribution is 2.37. The molecule has 1 rings (SSSR count). The molecule has 0 aromatic rings. The monoisotopic (exact) mass is 286 g/mol. The van der Waals surface area contributed by atoms with E-state index in [4.69, 9.17) is 9.63 Å². The summed E-state index contributed by atoms with van der Waals surface area (Å²) in [6.07, 6.45) is -5.50.